The maximum Gasteiger partial charge on any atom is 0.193 e. The van der Waals surface area contributed by atoms with Crippen LogP contribution in [0, 0.1) is 5.41 Å². The molecule has 1 spiro atoms. The summed E-state index contributed by atoms with van der Waals surface area (Å²) in [5.41, 5.74) is 7.29. The predicted molar refractivity (Wildman–Crippen MR) is 81.8 cm³/mol. The second-order valence-corrected chi connectivity index (χ2v) is 5.79. The van der Waals surface area contributed by atoms with Gasteiger partial charge >= 0.3 is 0 Å². The summed E-state index contributed by atoms with van der Waals surface area (Å²) in [6, 6.07) is 10.3. The molecule has 2 aliphatic carbocycles. The summed E-state index contributed by atoms with van der Waals surface area (Å²) in [5, 5.41) is 3.16. The summed E-state index contributed by atoms with van der Waals surface area (Å²) < 4.78 is 5.84. The minimum atomic E-state index is 0.277. The highest BCUT2D eigenvalue weighted by atomic mass is 16.5. The van der Waals surface area contributed by atoms with Crippen molar-refractivity contribution in [2.24, 2.45) is 16.1 Å². The molecule has 0 radical (unpaired) electrons. The third-order valence-corrected chi connectivity index (χ3v) is 4.74. The molecule has 0 aromatic heterocycles. The third kappa shape index (κ3) is 2.29. The van der Waals surface area contributed by atoms with E-state index in [4.69, 9.17) is 10.5 Å². The lowest BCUT2D eigenvalue weighted by atomic mass is 9.51. The van der Waals surface area contributed by atoms with Crippen LogP contribution in [0.5, 0.6) is 0 Å². The van der Waals surface area contributed by atoms with Crippen molar-refractivity contribution in [2.45, 2.75) is 44.8 Å². The Morgan fingerprint density at radius 3 is 2.75 bits per heavy atom. The van der Waals surface area contributed by atoms with Crippen molar-refractivity contribution in [2.75, 3.05) is 11.9 Å². The van der Waals surface area contributed by atoms with E-state index < -0.39 is 0 Å². The average Bonchev–Trinajstić information content (AvgIpc) is 2.36. The number of ether oxygens (including phenoxy) is 1. The Bertz CT molecular complexity index is 482. The van der Waals surface area contributed by atoms with Crippen LogP contribution in [0.2, 0.25) is 0 Å². The number of hydrogen-bond acceptors (Lipinski definition) is 2. The molecule has 2 fully saturated rings. The number of nitrogens with two attached hydrogens (primary N) is 1. The number of anilines is 1. The molecule has 0 aliphatic heterocycles. The summed E-state index contributed by atoms with van der Waals surface area (Å²) in [6.07, 6.45) is 5.14. The number of aliphatic imine (C=N–C) groups is 1. The SMILES string of the molecule is CCOC1CC(N=C(N)Nc2ccccc2)C12CCC2. The van der Waals surface area contributed by atoms with Crippen molar-refractivity contribution in [3.05, 3.63) is 30.3 Å². The van der Waals surface area contributed by atoms with Gasteiger partial charge in [-0.25, -0.2) is 4.99 Å². The number of para-hydroxylation sites is 1. The fourth-order valence-electron chi connectivity index (χ4n) is 3.45. The van der Waals surface area contributed by atoms with Crippen molar-refractivity contribution in [3.8, 4) is 0 Å². The molecule has 4 nitrogen and oxygen atoms in total. The minimum absolute atomic E-state index is 0.277. The number of nitrogens with one attached hydrogen (secondary N) is 1. The Labute approximate surface area is 120 Å². The number of hydrogen-bond donors (Lipinski definition) is 2. The predicted octanol–water partition coefficient (Wildman–Crippen LogP) is 2.76. The zero-order valence-electron chi connectivity index (χ0n) is 12.0. The van der Waals surface area contributed by atoms with Gasteiger partial charge in [-0.3, -0.25) is 0 Å². The van der Waals surface area contributed by atoms with E-state index in [-0.39, 0.29) is 5.41 Å². The Hall–Kier alpha value is -1.55. The fraction of sp³-hybridized carbons (Fsp3) is 0.562. The van der Waals surface area contributed by atoms with E-state index in [2.05, 4.69) is 17.2 Å². The van der Waals surface area contributed by atoms with Gasteiger partial charge in [-0.05, 0) is 38.3 Å². The van der Waals surface area contributed by atoms with Gasteiger partial charge in [0.15, 0.2) is 5.96 Å². The molecule has 108 valence electrons. The molecule has 1 aromatic carbocycles. The van der Waals surface area contributed by atoms with Crippen molar-refractivity contribution in [3.63, 3.8) is 0 Å². The van der Waals surface area contributed by atoms with Crippen LogP contribution >= 0.6 is 0 Å². The number of nitrogens with zero attached hydrogens (tertiary/aromatic N) is 1. The van der Waals surface area contributed by atoms with Crippen LogP contribution in [0.4, 0.5) is 5.69 Å². The Kier molecular flexibility index (Phi) is 3.66. The van der Waals surface area contributed by atoms with Gasteiger partial charge in [0.05, 0.1) is 12.1 Å². The number of benzene rings is 1. The molecule has 3 rings (SSSR count). The number of guanidine groups is 1. The van der Waals surface area contributed by atoms with Gasteiger partial charge in [-0.2, -0.15) is 0 Å². The zero-order valence-corrected chi connectivity index (χ0v) is 12.0. The van der Waals surface area contributed by atoms with E-state index in [9.17, 15) is 0 Å². The Balaban J connectivity index is 1.64. The molecule has 2 unspecified atom stereocenters. The first-order valence-corrected chi connectivity index (χ1v) is 7.51. The molecule has 3 N–H and O–H groups in total. The smallest absolute Gasteiger partial charge is 0.193 e. The molecule has 0 heterocycles. The normalized spacial score (nSPS) is 27.8. The van der Waals surface area contributed by atoms with Crippen LogP contribution in [-0.4, -0.2) is 24.7 Å². The summed E-state index contributed by atoms with van der Waals surface area (Å²) in [5.74, 6) is 0.516. The Morgan fingerprint density at radius 1 is 1.40 bits per heavy atom. The second kappa shape index (κ2) is 5.44. The fourth-order valence-corrected chi connectivity index (χ4v) is 3.45. The monoisotopic (exact) mass is 273 g/mol. The summed E-state index contributed by atoms with van der Waals surface area (Å²) in [6.45, 7) is 2.86. The highest BCUT2D eigenvalue weighted by Crippen LogP contribution is 2.58. The molecule has 0 saturated heterocycles. The van der Waals surface area contributed by atoms with Crippen molar-refractivity contribution >= 4 is 11.6 Å². The molecule has 4 heteroatoms. The molecule has 1 aromatic rings. The van der Waals surface area contributed by atoms with Gasteiger partial charge in [-0.15, -0.1) is 0 Å². The van der Waals surface area contributed by atoms with E-state index in [1.807, 2.05) is 30.3 Å². The lowest BCUT2D eigenvalue weighted by Crippen LogP contribution is -2.61. The van der Waals surface area contributed by atoms with E-state index in [1.165, 1.54) is 19.3 Å². The molecule has 0 amide bonds. The van der Waals surface area contributed by atoms with Gasteiger partial charge in [0.1, 0.15) is 0 Å². The molecule has 0 bridgehead atoms. The van der Waals surface area contributed by atoms with E-state index in [0.29, 0.717) is 18.1 Å². The molecular weight excluding hydrogens is 250 g/mol. The van der Waals surface area contributed by atoms with Gasteiger partial charge in [0.25, 0.3) is 0 Å². The van der Waals surface area contributed by atoms with Crippen molar-refractivity contribution in [1.82, 2.24) is 0 Å². The molecule has 2 saturated carbocycles. The standard InChI is InChI=1S/C16H23N3O/c1-2-20-14-11-13(16(14)9-6-10-16)19-15(17)18-12-7-4-3-5-8-12/h3-5,7-8,13-14H,2,6,9-11H2,1H3,(H3,17,18,19). The van der Waals surface area contributed by atoms with Crippen molar-refractivity contribution in [1.29, 1.82) is 0 Å². The second-order valence-electron chi connectivity index (χ2n) is 5.79. The van der Waals surface area contributed by atoms with Gasteiger partial charge < -0.3 is 15.8 Å². The van der Waals surface area contributed by atoms with Crippen LogP contribution < -0.4 is 11.1 Å². The quantitative estimate of drug-likeness (QED) is 0.655. The zero-order chi connectivity index (χ0) is 14.0. The first-order valence-electron chi connectivity index (χ1n) is 7.51. The molecular formula is C16H23N3O. The summed E-state index contributed by atoms with van der Waals surface area (Å²) in [7, 11) is 0. The highest BCUT2D eigenvalue weighted by Gasteiger charge is 2.59. The number of rotatable bonds is 4. The van der Waals surface area contributed by atoms with Crippen molar-refractivity contribution < 1.29 is 4.74 Å². The third-order valence-electron chi connectivity index (χ3n) is 4.74. The van der Waals surface area contributed by atoms with Crippen LogP contribution in [-0.2, 0) is 4.74 Å². The lowest BCUT2D eigenvalue weighted by molar-refractivity contribution is -0.162. The van der Waals surface area contributed by atoms with Crippen LogP contribution in [0.25, 0.3) is 0 Å². The van der Waals surface area contributed by atoms with Gasteiger partial charge in [0.2, 0.25) is 0 Å². The van der Waals surface area contributed by atoms with Crippen LogP contribution in [0.1, 0.15) is 32.6 Å². The van der Waals surface area contributed by atoms with E-state index in [1.54, 1.807) is 0 Å². The van der Waals surface area contributed by atoms with E-state index in [0.717, 1.165) is 18.7 Å². The minimum Gasteiger partial charge on any atom is -0.378 e. The Morgan fingerprint density at radius 2 is 2.15 bits per heavy atom. The maximum absolute atomic E-state index is 6.03. The first-order chi connectivity index (χ1) is 9.74. The highest BCUT2D eigenvalue weighted by molar-refractivity contribution is 5.92. The summed E-state index contributed by atoms with van der Waals surface area (Å²) >= 11 is 0. The average molecular weight is 273 g/mol. The molecule has 2 aliphatic rings. The van der Waals surface area contributed by atoms with E-state index >= 15 is 0 Å². The van der Waals surface area contributed by atoms with Gasteiger partial charge in [0, 0.05) is 17.7 Å². The molecule has 2 atom stereocenters. The first kappa shape index (κ1) is 13.4. The van der Waals surface area contributed by atoms with Crippen LogP contribution in [0.3, 0.4) is 0 Å². The lowest BCUT2D eigenvalue weighted by Gasteiger charge is -2.59. The topological polar surface area (TPSA) is 59.6 Å². The molecule has 20 heavy (non-hydrogen) atoms. The maximum atomic E-state index is 6.03. The largest absolute Gasteiger partial charge is 0.378 e. The summed E-state index contributed by atoms with van der Waals surface area (Å²) in [4.78, 5) is 4.69. The van der Waals surface area contributed by atoms with Gasteiger partial charge in [-0.1, -0.05) is 24.6 Å². The van der Waals surface area contributed by atoms with Crippen LogP contribution in [0.15, 0.2) is 35.3 Å².